The van der Waals surface area contributed by atoms with Crippen LogP contribution in [-0.2, 0) is 0 Å². The average Bonchev–Trinajstić information content (AvgIpc) is 3.15. The van der Waals surface area contributed by atoms with E-state index >= 15 is 0 Å². The summed E-state index contributed by atoms with van der Waals surface area (Å²) in [4.78, 5) is 15.9. The molecule has 4 rings (SSSR count). The number of nitrogens with one attached hydrogen (secondary N) is 3. The number of benzene rings is 3. The molecule has 29 heavy (non-hydrogen) atoms. The molecule has 0 fully saturated rings. The fraction of sp³-hybridized carbons (Fsp3) is 0.160. The summed E-state index contributed by atoms with van der Waals surface area (Å²) >= 11 is 0. The van der Waals surface area contributed by atoms with Crippen molar-refractivity contribution in [2.24, 2.45) is 0 Å². The highest BCUT2D eigenvalue weighted by molar-refractivity contribution is 5.90. The fourth-order valence-electron chi connectivity index (χ4n) is 3.79. The topological polar surface area (TPSA) is 56.9 Å². The Labute approximate surface area is 171 Å². The molecule has 1 unspecified atom stereocenters. The molecular formula is C25H25N3O. The minimum Gasteiger partial charge on any atom is -0.361 e. The van der Waals surface area contributed by atoms with E-state index in [0.29, 0.717) is 6.54 Å². The number of fused-ring (bicyclic) bond motifs is 1. The number of anilines is 1. The summed E-state index contributed by atoms with van der Waals surface area (Å²) in [6.45, 7) is 4.55. The van der Waals surface area contributed by atoms with Gasteiger partial charge in [0, 0.05) is 35.2 Å². The zero-order valence-electron chi connectivity index (χ0n) is 16.7. The highest BCUT2D eigenvalue weighted by Gasteiger charge is 2.19. The Morgan fingerprint density at radius 1 is 0.966 bits per heavy atom. The Morgan fingerprint density at radius 3 is 2.52 bits per heavy atom. The molecule has 146 valence electrons. The Hall–Kier alpha value is -3.53. The van der Waals surface area contributed by atoms with Gasteiger partial charge in [-0.3, -0.25) is 0 Å². The van der Waals surface area contributed by atoms with Crippen molar-refractivity contribution in [2.75, 3.05) is 11.9 Å². The van der Waals surface area contributed by atoms with Crippen molar-refractivity contribution >= 4 is 22.6 Å². The van der Waals surface area contributed by atoms with E-state index in [-0.39, 0.29) is 11.9 Å². The van der Waals surface area contributed by atoms with Crippen molar-refractivity contribution < 1.29 is 4.79 Å². The van der Waals surface area contributed by atoms with Crippen LogP contribution in [0.15, 0.2) is 79.0 Å². The summed E-state index contributed by atoms with van der Waals surface area (Å²) < 4.78 is 0. The lowest BCUT2D eigenvalue weighted by Gasteiger charge is -2.19. The van der Waals surface area contributed by atoms with Gasteiger partial charge in [-0.2, -0.15) is 0 Å². The van der Waals surface area contributed by atoms with Gasteiger partial charge in [-0.1, -0.05) is 66.2 Å². The molecule has 0 spiro atoms. The molecule has 4 heteroatoms. The second-order valence-electron chi connectivity index (χ2n) is 7.41. The molecule has 3 N–H and O–H groups in total. The smallest absolute Gasteiger partial charge is 0.319 e. The molecule has 0 aliphatic carbocycles. The van der Waals surface area contributed by atoms with Gasteiger partial charge in [0.1, 0.15) is 0 Å². The molecule has 4 aromatic rings. The van der Waals surface area contributed by atoms with Crippen LogP contribution in [0.25, 0.3) is 10.9 Å². The summed E-state index contributed by atoms with van der Waals surface area (Å²) in [7, 11) is 0. The maximum Gasteiger partial charge on any atom is 0.319 e. The van der Waals surface area contributed by atoms with Gasteiger partial charge in [-0.05, 0) is 42.7 Å². The normalized spacial score (nSPS) is 11.9. The number of hydrogen-bond donors (Lipinski definition) is 3. The van der Waals surface area contributed by atoms with Gasteiger partial charge in [0.05, 0.1) is 0 Å². The van der Waals surface area contributed by atoms with Crippen molar-refractivity contribution in [2.45, 2.75) is 19.8 Å². The Morgan fingerprint density at radius 2 is 1.72 bits per heavy atom. The molecule has 1 aromatic heterocycles. The van der Waals surface area contributed by atoms with Crippen LogP contribution in [0.5, 0.6) is 0 Å². The lowest BCUT2D eigenvalue weighted by molar-refractivity contribution is 0.252. The third-order valence-electron chi connectivity index (χ3n) is 5.30. The van der Waals surface area contributed by atoms with E-state index in [1.807, 2.05) is 62.5 Å². The zero-order valence-corrected chi connectivity index (χ0v) is 16.7. The van der Waals surface area contributed by atoms with Gasteiger partial charge in [-0.15, -0.1) is 0 Å². The number of H-pyrrole nitrogens is 1. The molecule has 1 atom stereocenters. The van der Waals surface area contributed by atoms with E-state index in [2.05, 4.69) is 45.9 Å². The first-order valence-corrected chi connectivity index (χ1v) is 9.85. The number of aromatic nitrogens is 1. The molecule has 4 nitrogen and oxygen atoms in total. The van der Waals surface area contributed by atoms with Crippen LogP contribution in [-0.4, -0.2) is 17.6 Å². The lowest BCUT2D eigenvalue weighted by atomic mass is 9.91. The maximum absolute atomic E-state index is 12.6. The highest BCUT2D eigenvalue weighted by atomic mass is 16.2. The second kappa shape index (κ2) is 8.23. The third-order valence-corrected chi connectivity index (χ3v) is 5.30. The van der Waals surface area contributed by atoms with E-state index in [0.717, 1.165) is 16.8 Å². The number of amides is 2. The largest absolute Gasteiger partial charge is 0.361 e. The first-order chi connectivity index (χ1) is 14.1. The SMILES string of the molecule is Cc1ccc(NC(=O)NCC(c2ccccc2)c2c[nH]c3ccccc23)c(C)c1. The average molecular weight is 383 g/mol. The number of carbonyl (C=O) groups excluding carboxylic acids is 1. The number of urea groups is 1. The van der Waals surface area contributed by atoms with Gasteiger partial charge in [0.25, 0.3) is 0 Å². The molecule has 3 aromatic carbocycles. The summed E-state index contributed by atoms with van der Waals surface area (Å²) in [5.74, 6) is 0.0530. The molecule has 0 radical (unpaired) electrons. The van der Waals surface area contributed by atoms with Crippen LogP contribution in [0, 0.1) is 13.8 Å². The summed E-state index contributed by atoms with van der Waals surface area (Å²) in [6, 6.07) is 24.4. The van der Waals surface area contributed by atoms with Crippen molar-refractivity contribution in [3.63, 3.8) is 0 Å². The first-order valence-electron chi connectivity index (χ1n) is 9.85. The van der Waals surface area contributed by atoms with Crippen molar-refractivity contribution in [1.82, 2.24) is 10.3 Å². The second-order valence-corrected chi connectivity index (χ2v) is 7.41. The third kappa shape index (κ3) is 4.16. The highest BCUT2D eigenvalue weighted by Crippen LogP contribution is 2.30. The zero-order chi connectivity index (χ0) is 20.2. The quantitative estimate of drug-likeness (QED) is 0.404. The van der Waals surface area contributed by atoms with Crippen molar-refractivity contribution in [3.05, 3.63) is 101 Å². The predicted molar refractivity (Wildman–Crippen MR) is 120 cm³/mol. The van der Waals surface area contributed by atoms with E-state index < -0.39 is 0 Å². The molecule has 1 heterocycles. The molecule has 0 bridgehead atoms. The number of aryl methyl sites for hydroxylation is 2. The summed E-state index contributed by atoms with van der Waals surface area (Å²) in [5.41, 5.74) is 6.51. The van der Waals surface area contributed by atoms with E-state index in [1.54, 1.807) is 0 Å². The van der Waals surface area contributed by atoms with E-state index in [4.69, 9.17) is 0 Å². The Bertz CT molecular complexity index is 1130. The van der Waals surface area contributed by atoms with Gasteiger partial charge in [-0.25, -0.2) is 4.79 Å². The maximum atomic E-state index is 12.6. The molecule has 0 saturated heterocycles. The minimum atomic E-state index is -0.197. The first kappa shape index (κ1) is 18.8. The molecular weight excluding hydrogens is 358 g/mol. The van der Waals surface area contributed by atoms with Gasteiger partial charge in [0.15, 0.2) is 0 Å². The van der Waals surface area contributed by atoms with Gasteiger partial charge in [0.2, 0.25) is 0 Å². The fourth-order valence-corrected chi connectivity index (χ4v) is 3.79. The number of hydrogen-bond acceptors (Lipinski definition) is 1. The molecule has 0 aliphatic rings. The summed E-state index contributed by atoms with van der Waals surface area (Å²) in [5, 5.41) is 7.21. The molecule has 0 aliphatic heterocycles. The summed E-state index contributed by atoms with van der Waals surface area (Å²) in [6.07, 6.45) is 2.05. The van der Waals surface area contributed by atoms with E-state index in [1.165, 1.54) is 22.1 Å². The van der Waals surface area contributed by atoms with Crippen LogP contribution in [0.4, 0.5) is 10.5 Å². The van der Waals surface area contributed by atoms with Gasteiger partial charge < -0.3 is 15.6 Å². The number of carbonyl (C=O) groups is 1. The number of aromatic amines is 1. The predicted octanol–water partition coefficient (Wildman–Crippen LogP) is 5.74. The van der Waals surface area contributed by atoms with Crippen molar-refractivity contribution in [1.29, 1.82) is 0 Å². The van der Waals surface area contributed by atoms with Crippen molar-refractivity contribution in [3.8, 4) is 0 Å². The molecule has 2 amide bonds. The van der Waals surface area contributed by atoms with Crippen LogP contribution in [0.3, 0.4) is 0 Å². The minimum absolute atomic E-state index is 0.0530. The van der Waals surface area contributed by atoms with Crippen LogP contribution in [0.1, 0.15) is 28.2 Å². The van der Waals surface area contributed by atoms with Crippen LogP contribution >= 0.6 is 0 Å². The Kier molecular flexibility index (Phi) is 5.34. The van der Waals surface area contributed by atoms with Crippen LogP contribution < -0.4 is 10.6 Å². The Balaban J connectivity index is 1.55. The molecule has 0 saturated carbocycles. The van der Waals surface area contributed by atoms with Gasteiger partial charge >= 0.3 is 6.03 Å². The number of para-hydroxylation sites is 1. The number of rotatable bonds is 5. The lowest BCUT2D eigenvalue weighted by Crippen LogP contribution is -2.33. The monoisotopic (exact) mass is 383 g/mol. The standard InChI is InChI=1S/C25H25N3O/c1-17-12-13-23(18(2)14-17)28-25(29)27-15-21(19-8-4-3-5-9-19)22-16-26-24-11-7-6-10-20(22)24/h3-14,16,21,26H,15H2,1-2H3,(H2,27,28,29). The van der Waals surface area contributed by atoms with Crippen LogP contribution in [0.2, 0.25) is 0 Å². The van der Waals surface area contributed by atoms with E-state index in [9.17, 15) is 4.79 Å².